The van der Waals surface area contributed by atoms with Crippen LogP contribution in [0.3, 0.4) is 0 Å². The number of sulfone groups is 1. The molecule has 0 aliphatic rings. The average molecular weight is 146 g/mol. The van der Waals surface area contributed by atoms with E-state index in [2.05, 4.69) is 0 Å². The van der Waals surface area contributed by atoms with E-state index in [1.54, 1.807) is 0 Å². The molecule has 0 aliphatic carbocycles. The number of hydrogen-bond donors (Lipinski definition) is 1. The molecular formula is C2H4F2O3S. The Morgan fingerprint density at radius 2 is 1.62 bits per heavy atom. The highest BCUT2D eigenvalue weighted by molar-refractivity contribution is 7.91. The zero-order valence-electron chi connectivity index (χ0n) is 3.93. The highest BCUT2D eigenvalue weighted by Gasteiger charge is 2.38. The van der Waals surface area contributed by atoms with E-state index in [0.29, 0.717) is 0 Å². The Hall–Kier alpha value is -0.230. The van der Waals surface area contributed by atoms with Crippen LogP contribution in [0.1, 0.15) is 0 Å². The average Bonchev–Trinajstić information content (AvgIpc) is 1.25. The maximum absolute atomic E-state index is 11.2. The van der Waals surface area contributed by atoms with Crippen molar-refractivity contribution in [1.82, 2.24) is 0 Å². The Bertz CT molecular complexity index is 164. The predicted molar refractivity (Wildman–Crippen MR) is 22.0 cm³/mol. The van der Waals surface area contributed by atoms with Crippen molar-refractivity contribution >= 4 is 9.84 Å². The Labute approximate surface area is 44.9 Å². The van der Waals surface area contributed by atoms with Crippen molar-refractivity contribution in [3.8, 4) is 0 Å². The largest absolute Gasteiger partial charge is 0.459 e. The third kappa shape index (κ3) is 1.71. The lowest BCUT2D eigenvalue weighted by Gasteiger charge is -2.02. The van der Waals surface area contributed by atoms with Crippen LogP contribution < -0.4 is 0 Å². The van der Waals surface area contributed by atoms with E-state index in [0.717, 1.165) is 0 Å². The first-order valence-electron chi connectivity index (χ1n) is 1.55. The Morgan fingerprint density at radius 1 is 1.50 bits per heavy atom. The lowest BCUT2D eigenvalue weighted by molar-refractivity contribution is -0.120. The minimum absolute atomic E-state index is 0.243. The molecule has 50 valence electrons. The van der Waals surface area contributed by atoms with Crippen LogP contribution in [-0.2, 0) is 9.84 Å². The summed E-state index contributed by atoms with van der Waals surface area (Å²) in [7, 11) is -4.62. The molecule has 6 heteroatoms. The number of rotatable bonds is 1. The number of halogens is 2. The number of hydrogen-bond acceptors (Lipinski definition) is 3. The summed E-state index contributed by atoms with van der Waals surface area (Å²) in [5, 5.41) is 7.43. The first-order chi connectivity index (χ1) is 3.25. The first-order valence-corrected chi connectivity index (χ1v) is 3.44. The van der Waals surface area contributed by atoms with Crippen LogP contribution in [0.25, 0.3) is 0 Å². The van der Waals surface area contributed by atoms with E-state index in [1.165, 1.54) is 0 Å². The molecule has 0 rings (SSSR count). The van der Waals surface area contributed by atoms with Crippen molar-refractivity contribution in [3.05, 3.63) is 0 Å². The van der Waals surface area contributed by atoms with Gasteiger partial charge in [0.2, 0.25) is 9.84 Å². The highest BCUT2D eigenvalue weighted by Crippen LogP contribution is 2.14. The highest BCUT2D eigenvalue weighted by atomic mass is 32.2. The predicted octanol–water partition coefficient (Wildman–Crippen LogP) is -0.426. The SMILES string of the molecule is CS(=O)(=O)C(O)(F)F. The summed E-state index contributed by atoms with van der Waals surface area (Å²) in [5.41, 5.74) is -4.59. The Morgan fingerprint density at radius 3 is 1.62 bits per heavy atom. The van der Waals surface area contributed by atoms with E-state index < -0.39 is 15.3 Å². The topological polar surface area (TPSA) is 54.4 Å². The molecule has 0 amide bonds. The Balaban J connectivity index is 4.53. The molecule has 1 N–H and O–H groups in total. The molecule has 0 unspecified atom stereocenters. The summed E-state index contributed by atoms with van der Waals surface area (Å²) in [4.78, 5) is 0. The zero-order chi connectivity index (χ0) is 7.00. The molecule has 0 aromatic rings. The minimum atomic E-state index is -4.62. The molecule has 0 spiro atoms. The smallest absolute Gasteiger partial charge is 0.323 e. The second kappa shape index (κ2) is 1.63. The van der Waals surface area contributed by atoms with Crippen LogP contribution in [0, 0.1) is 0 Å². The molecule has 0 heterocycles. The molecule has 0 radical (unpaired) electrons. The van der Waals surface area contributed by atoms with Gasteiger partial charge in [-0.05, 0) is 0 Å². The van der Waals surface area contributed by atoms with Gasteiger partial charge in [0, 0.05) is 6.26 Å². The van der Waals surface area contributed by atoms with Gasteiger partial charge >= 0.3 is 5.44 Å². The fourth-order valence-electron chi connectivity index (χ4n) is 0. The maximum atomic E-state index is 11.2. The monoisotopic (exact) mass is 146 g/mol. The molecule has 0 saturated heterocycles. The summed E-state index contributed by atoms with van der Waals surface area (Å²) in [6.45, 7) is 0. The lowest BCUT2D eigenvalue weighted by Crippen LogP contribution is -2.26. The molecule has 0 aromatic heterocycles. The summed E-state index contributed by atoms with van der Waals surface area (Å²) in [6, 6.07) is 0. The van der Waals surface area contributed by atoms with Gasteiger partial charge in [-0.15, -0.1) is 0 Å². The molecule has 0 saturated carbocycles. The zero-order valence-corrected chi connectivity index (χ0v) is 4.74. The summed E-state index contributed by atoms with van der Waals surface area (Å²) < 4.78 is 41.7. The minimum Gasteiger partial charge on any atom is -0.323 e. The van der Waals surface area contributed by atoms with Gasteiger partial charge in [0.1, 0.15) is 0 Å². The number of aliphatic hydroxyl groups is 1. The van der Waals surface area contributed by atoms with Crippen molar-refractivity contribution in [2.45, 2.75) is 5.44 Å². The van der Waals surface area contributed by atoms with Crippen molar-refractivity contribution in [1.29, 1.82) is 0 Å². The Kier molecular flexibility index (Phi) is 1.58. The van der Waals surface area contributed by atoms with E-state index in [9.17, 15) is 17.2 Å². The fourth-order valence-corrected chi connectivity index (χ4v) is 0. The van der Waals surface area contributed by atoms with Gasteiger partial charge in [-0.2, -0.15) is 8.78 Å². The van der Waals surface area contributed by atoms with Gasteiger partial charge in [0.25, 0.3) is 0 Å². The molecule has 0 fully saturated rings. The summed E-state index contributed by atoms with van der Waals surface area (Å²) in [6.07, 6.45) is 0.243. The molecule has 3 nitrogen and oxygen atoms in total. The molecular weight excluding hydrogens is 142 g/mol. The van der Waals surface area contributed by atoms with Crippen molar-refractivity contribution in [2.24, 2.45) is 0 Å². The molecule has 0 aromatic carbocycles. The van der Waals surface area contributed by atoms with E-state index in [-0.39, 0.29) is 6.26 Å². The normalized spacial score (nSPS) is 14.0. The summed E-state index contributed by atoms with van der Waals surface area (Å²) in [5.74, 6) is 0. The van der Waals surface area contributed by atoms with Gasteiger partial charge in [0.05, 0.1) is 0 Å². The second-order valence-corrected chi connectivity index (χ2v) is 3.29. The lowest BCUT2D eigenvalue weighted by atomic mass is 11.5. The van der Waals surface area contributed by atoms with Gasteiger partial charge < -0.3 is 5.11 Å². The van der Waals surface area contributed by atoms with Crippen LogP contribution in [-0.4, -0.2) is 25.2 Å². The molecule has 0 bridgehead atoms. The maximum Gasteiger partial charge on any atom is 0.459 e. The fraction of sp³-hybridized carbons (Fsp3) is 1.00. The van der Waals surface area contributed by atoms with Crippen molar-refractivity contribution < 1.29 is 22.3 Å². The number of alkyl halides is 2. The van der Waals surface area contributed by atoms with Crippen LogP contribution in [0.4, 0.5) is 8.78 Å². The van der Waals surface area contributed by atoms with Crippen LogP contribution >= 0.6 is 0 Å². The van der Waals surface area contributed by atoms with E-state index in [1.807, 2.05) is 0 Å². The van der Waals surface area contributed by atoms with Gasteiger partial charge in [-0.25, -0.2) is 8.42 Å². The third-order valence-electron chi connectivity index (χ3n) is 0.446. The van der Waals surface area contributed by atoms with Crippen molar-refractivity contribution in [3.63, 3.8) is 0 Å². The standard InChI is InChI=1S/C2H4F2O3S/c1-8(6,7)2(3,4)5/h5H,1H3. The van der Waals surface area contributed by atoms with Gasteiger partial charge in [-0.1, -0.05) is 0 Å². The second-order valence-electron chi connectivity index (χ2n) is 1.26. The van der Waals surface area contributed by atoms with Gasteiger partial charge in [0.15, 0.2) is 0 Å². The quantitative estimate of drug-likeness (QED) is 0.546. The molecule has 0 aliphatic heterocycles. The van der Waals surface area contributed by atoms with Crippen LogP contribution in [0.15, 0.2) is 0 Å². The van der Waals surface area contributed by atoms with E-state index >= 15 is 0 Å². The van der Waals surface area contributed by atoms with E-state index in [4.69, 9.17) is 5.11 Å². The first kappa shape index (κ1) is 7.77. The molecule has 0 atom stereocenters. The summed E-state index contributed by atoms with van der Waals surface area (Å²) >= 11 is 0. The van der Waals surface area contributed by atoms with Crippen LogP contribution in [0.2, 0.25) is 0 Å². The van der Waals surface area contributed by atoms with Gasteiger partial charge in [-0.3, -0.25) is 0 Å². The third-order valence-corrected chi connectivity index (χ3v) is 1.34. The van der Waals surface area contributed by atoms with Crippen molar-refractivity contribution in [2.75, 3.05) is 6.26 Å². The van der Waals surface area contributed by atoms with Crippen LogP contribution in [0.5, 0.6) is 0 Å². The molecule has 8 heavy (non-hydrogen) atoms.